The SMILES string of the molecule is O=C1NC(=S)SC1C(c1c(Cl)cc(CC(F)(F)F)cc1Cl)N1CCCCC1. The van der Waals surface area contributed by atoms with Crippen LogP contribution in [0.25, 0.3) is 0 Å². The molecule has 2 saturated heterocycles. The average molecular weight is 457 g/mol. The molecule has 148 valence electrons. The number of amides is 1. The van der Waals surface area contributed by atoms with Crippen molar-refractivity contribution in [1.82, 2.24) is 10.2 Å². The van der Waals surface area contributed by atoms with Gasteiger partial charge < -0.3 is 5.32 Å². The molecular weight excluding hydrogens is 440 g/mol. The summed E-state index contributed by atoms with van der Waals surface area (Å²) in [5.74, 6) is -0.230. The zero-order valence-corrected chi connectivity index (χ0v) is 17.3. The van der Waals surface area contributed by atoms with Crippen molar-refractivity contribution in [2.45, 2.75) is 43.2 Å². The van der Waals surface area contributed by atoms with Crippen molar-refractivity contribution in [3.05, 3.63) is 33.3 Å². The summed E-state index contributed by atoms with van der Waals surface area (Å²) < 4.78 is 38.6. The molecule has 1 aromatic carbocycles. The quantitative estimate of drug-likeness (QED) is 0.635. The second-order valence-corrected chi connectivity index (χ2v) is 9.25. The van der Waals surface area contributed by atoms with E-state index in [2.05, 4.69) is 10.2 Å². The predicted octanol–water partition coefficient (Wildman–Crippen LogP) is 5.14. The summed E-state index contributed by atoms with van der Waals surface area (Å²) in [6, 6.07) is 2.14. The lowest BCUT2D eigenvalue weighted by atomic mass is 9.96. The minimum Gasteiger partial charge on any atom is -0.311 e. The minimum atomic E-state index is -4.35. The Morgan fingerprint density at radius 2 is 1.81 bits per heavy atom. The van der Waals surface area contributed by atoms with E-state index in [1.807, 2.05) is 0 Å². The largest absolute Gasteiger partial charge is 0.393 e. The van der Waals surface area contributed by atoms with Crippen LogP contribution in [0.4, 0.5) is 13.2 Å². The highest BCUT2D eigenvalue weighted by Gasteiger charge is 2.42. The van der Waals surface area contributed by atoms with Gasteiger partial charge in [-0.1, -0.05) is 53.6 Å². The van der Waals surface area contributed by atoms with Gasteiger partial charge in [-0.2, -0.15) is 13.2 Å². The number of rotatable bonds is 4. The van der Waals surface area contributed by atoms with E-state index in [0.717, 1.165) is 32.4 Å². The summed E-state index contributed by atoms with van der Waals surface area (Å²) in [4.78, 5) is 14.6. The van der Waals surface area contributed by atoms with Gasteiger partial charge in [0.25, 0.3) is 0 Å². The van der Waals surface area contributed by atoms with Gasteiger partial charge in [-0.05, 0) is 43.6 Å². The molecule has 2 aliphatic rings. The summed E-state index contributed by atoms with van der Waals surface area (Å²) >= 11 is 19.1. The Hall–Kier alpha value is -0.540. The summed E-state index contributed by atoms with van der Waals surface area (Å²) in [6.07, 6.45) is -2.42. The van der Waals surface area contributed by atoms with Crippen molar-refractivity contribution in [2.75, 3.05) is 13.1 Å². The summed E-state index contributed by atoms with van der Waals surface area (Å²) in [5.41, 5.74) is 0.487. The lowest BCUT2D eigenvalue weighted by molar-refractivity contribution is -0.127. The van der Waals surface area contributed by atoms with E-state index in [1.54, 1.807) is 0 Å². The van der Waals surface area contributed by atoms with Crippen LogP contribution in [0.2, 0.25) is 10.0 Å². The summed E-state index contributed by atoms with van der Waals surface area (Å²) in [5, 5.41) is 2.37. The zero-order chi connectivity index (χ0) is 19.8. The number of halogens is 5. The molecule has 2 aliphatic heterocycles. The molecule has 1 N–H and O–H groups in total. The molecule has 0 spiro atoms. The maximum atomic E-state index is 12.7. The molecule has 1 aromatic rings. The van der Waals surface area contributed by atoms with E-state index < -0.39 is 23.9 Å². The maximum Gasteiger partial charge on any atom is 0.393 e. The van der Waals surface area contributed by atoms with Crippen molar-refractivity contribution in [2.24, 2.45) is 0 Å². The Morgan fingerprint density at radius 3 is 2.30 bits per heavy atom. The van der Waals surface area contributed by atoms with Gasteiger partial charge in [-0.25, -0.2) is 0 Å². The molecule has 1 amide bonds. The molecule has 3 rings (SSSR count). The van der Waals surface area contributed by atoms with Gasteiger partial charge in [0, 0.05) is 15.6 Å². The fourth-order valence-electron chi connectivity index (χ4n) is 3.55. The number of carbonyl (C=O) groups is 1. The second kappa shape index (κ2) is 8.45. The minimum absolute atomic E-state index is 0.00214. The van der Waals surface area contributed by atoms with Gasteiger partial charge >= 0.3 is 6.18 Å². The molecular formula is C17H17Cl2F3N2OS2. The molecule has 3 nitrogen and oxygen atoms in total. The third-order valence-corrected chi connectivity index (χ3v) is 6.69. The maximum absolute atomic E-state index is 12.7. The van der Waals surface area contributed by atoms with Gasteiger partial charge in [0.05, 0.1) is 12.5 Å². The highest BCUT2D eigenvalue weighted by atomic mass is 35.5. The van der Waals surface area contributed by atoms with Crippen LogP contribution in [0.15, 0.2) is 12.1 Å². The van der Waals surface area contributed by atoms with Crippen LogP contribution in [-0.2, 0) is 11.2 Å². The molecule has 2 fully saturated rings. The van der Waals surface area contributed by atoms with Gasteiger partial charge in [0.2, 0.25) is 5.91 Å². The predicted molar refractivity (Wildman–Crippen MR) is 107 cm³/mol. The van der Waals surface area contributed by atoms with Crippen LogP contribution in [0.5, 0.6) is 0 Å². The van der Waals surface area contributed by atoms with E-state index in [-0.39, 0.29) is 21.5 Å². The number of nitrogens with zero attached hydrogens (tertiary/aromatic N) is 1. The fourth-order valence-corrected chi connectivity index (χ4v) is 5.71. The summed E-state index contributed by atoms with van der Waals surface area (Å²) in [6.45, 7) is 1.53. The Labute approximate surface area is 174 Å². The van der Waals surface area contributed by atoms with Gasteiger partial charge in [-0.15, -0.1) is 0 Å². The molecule has 0 aromatic heterocycles. The van der Waals surface area contributed by atoms with Crippen LogP contribution in [-0.4, -0.2) is 39.6 Å². The highest BCUT2D eigenvalue weighted by molar-refractivity contribution is 8.24. The molecule has 0 aliphatic carbocycles. The van der Waals surface area contributed by atoms with E-state index >= 15 is 0 Å². The Bertz CT molecular complexity index is 731. The zero-order valence-electron chi connectivity index (χ0n) is 14.1. The first-order valence-electron chi connectivity index (χ1n) is 8.46. The Kier molecular flexibility index (Phi) is 6.63. The van der Waals surface area contributed by atoms with Crippen molar-refractivity contribution in [3.8, 4) is 0 Å². The number of hydrogen-bond acceptors (Lipinski definition) is 4. The Morgan fingerprint density at radius 1 is 1.22 bits per heavy atom. The highest BCUT2D eigenvalue weighted by Crippen LogP contribution is 2.43. The van der Waals surface area contributed by atoms with Crippen LogP contribution >= 0.6 is 47.2 Å². The topological polar surface area (TPSA) is 32.3 Å². The third kappa shape index (κ3) is 5.09. The fraction of sp³-hybridized carbons (Fsp3) is 0.529. The van der Waals surface area contributed by atoms with Crippen molar-refractivity contribution in [1.29, 1.82) is 0 Å². The van der Waals surface area contributed by atoms with Gasteiger partial charge in [-0.3, -0.25) is 9.69 Å². The molecule has 10 heteroatoms. The number of piperidine rings is 1. The van der Waals surface area contributed by atoms with Gasteiger partial charge in [0.15, 0.2) is 0 Å². The monoisotopic (exact) mass is 456 g/mol. The molecule has 27 heavy (non-hydrogen) atoms. The number of likely N-dealkylation sites (tertiary alicyclic amines) is 1. The number of carbonyl (C=O) groups excluding carboxylic acids is 1. The van der Waals surface area contributed by atoms with Crippen LogP contribution in [0.1, 0.15) is 36.4 Å². The molecule has 0 bridgehead atoms. The van der Waals surface area contributed by atoms with E-state index in [0.29, 0.717) is 9.88 Å². The first kappa shape index (κ1) is 21.2. The van der Waals surface area contributed by atoms with Crippen molar-refractivity contribution in [3.63, 3.8) is 0 Å². The van der Waals surface area contributed by atoms with Crippen molar-refractivity contribution >= 4 is 57.4 Å². The number of alkyl halides is 3. The lowest BCUT2D eigenvalue weighted by Crippen LogP contribution is -2.42. The summed E-state index contributed by atoms with van der Waals surface area (Å²) in [7, 11) is 0. The van der Waals surface area contributed by atoms with Crippen LogP contribution in [0.3, 0.4) is 0 Å². The smallest absolute Gasteiger partial charge is 0.311 e. The Balaban J connectivity index is 2.01. The normalized spacial score (nSPS) is 22.8. The standard InChI is InChI=1S/C17H17Cl2F3N2OS2/c18-10-6-9(8-17(20,21)22)7-11(19)12(10)13(24-4-2-1-3-5-24)14-15(25)23-16(26)27-14/h6-7,13-14H,1-5,8H2,(H,23,25,26). The molecule has 2 atom stereocenters. The average Bonchev–Trinajstić information content (AvgIpc) is 2.88. The van der Waals surface area contributed by atoms with E-state index in [4.69, 9.17) is 35.4 Å². The second-order valence-electron chi connectivity index (χ2n) is 6.62. The van der Waals surface area contributed by atoms with Crippen LogP contribution < -0.4 is 5.32 Å². The number of hydrogen-bond donors (Lipinski definition) is 1. The molecule has 0 saturated carbocycles. The molecule has 2 unspecified atom stereocenters. The van der Waals surface area contributed by atoms with Crippen molar-refractivity contribution < 1.29 is 18.0 Å². The van der Waals surface area contributed by atoms with Gasteiger partial charge in [0.1, 0.15) is 9.57 Å². The third-order valence-electron chi connectivity index (χ3n) is 4.63. The number of thioether (sulfide) groups is 1. The number of benzene rings is 1. The van der Waals surface area contributed by atoms with E-state index in [1.165, 1.54) is 23.9 Å². The molecule has 2 heterocycles. The van der Waals surface area contributed by atoms with E-state index in [9.17, 15) is 18.0 Å². The lowest BCUT2D eigenvalue weighted by Gasteiger charge is -2.37. The first-order chi connectivity index (χ1) is 12.7. The molecule has 0 radical (unpaired) electrons. The first-order valence-corrected chi connectivity index (χ1v) is 10.5. The number of thiocarbonyl (C=S) groups is 1. The number of nitrogens with one attached hydrogen (secondary N) is 1. The van der Waals surface area contributed by atoms with Crippen LogP contribution in [0, 0.1) is 0 Å².